The first kappa shape index (κ1) is 21.9. The summed E-state index contributed by atoms with van der Waals surface area (Å²) in [6.07, 6.45) is 1.42. The first-order valence-corrected chi connectivity index (χ1v) is 11.5. The summed E-state index contributed by atoms with van der Waals surface area (Å²) in [7, 11) is 0. The molecule has 34 heavy (non-hydrogen) atoms. The summed E-state index contributed by atoms with van der Waals surface area (Å²) < 4.78 is 19.3. The van der Waals surface area contributed by atoms with Crippen LogP contribution >= 0.6 is 0 Å². The minimum atomic E-state index is -0.440. The first-order chi connectivity index (χ1) is 16.6. The molecule has 0 bridgehead atoms. The molecule has 2 heterocycles. The van der Waals surface area contributed by atoms with Crippen LogP contribution in [-0.4, -0.2) is 29.8 Å². The quantitative estimate of drug-likeness (QED) is 0.442. The van der Waals surface area contributed by atoms with Gasteiger partial charge in [0.15, 0.2) is 0 Å². The molecule has 2 atom stereocenters. The maximum Gasteiger partial charge on any atom is 0.253 e. The Morgan fingerprint density at radius 3 is 2.47 bits per heavy atom. The number of halogens is 1. The zero-order chi connectivity index (χ0) is 23.5. The van der Waals surface area contributed by atoms with Gasteiger partial charge in [-0.2, -0.15) is 0 Å². The van der Waals surface area contributed by atoms with E-state index < -0.39 is 6.04 Å². The second kappa shape index (κ2) is 9.51. The molecule has 1 aromatic heterocycles. The molecule has 3 aromatic carbocycles. The molecular weight excluding hydrogens is 431 g/mol. The highest BCUT2D eigenvalue weighted by molar-refractivity contribution is 5.94. The lowest BCUT2D eigenvalue weighted by atomic mass is 9.95. The standard InChI is InChI=1S/C28H25FN2O3/c29-23-14-12-20(13-15-23)28(33)31-16-6-10-22(18-31)27(32)30-26(19-7-2-1-3-8-19)25-17-21-9-4-5-11-24(21)34-25/h1-5,7-9,11-15,17,22,26H,6,10,16,18H2,(H,30,32). The summed E-state index contributed by atoms with van der Waals surface area (Å²) >= 11 is 0. The number of furan rings is 1. The highest BCUT2D eigenvalue weighted by Gasteiger charge is 2.31. The van der Waals surface area contributed by atoms with Crippen LogP contribution in [0, 0.1) is 11.7 Å². The van der Waals surface area contributed by atoms with Gasteiger partial charge in [0, 0.05) is 24.0 Å². The Kier molecular flexibility index (Phi) is 6.12. The lowest BCUT2D eigenvalue weighted by Gasteiger charge is -2.33. The molecule has 1 fully saturated rings. The highest BCUT2D eigenvalue weighted by Crippen LogP contribution is 2.29. The monoisotopic (exact) mass is 456 g/mol. The normalized spacial score (nSPS) is 16.9. The Bertz CT molecular complexity index is 1270. The SMILES string of the molecule is O=C(NC(c1ccccc1)c1cc2ccccc2o1)C1CCCN(C(=O)c2ccc(F)cc2)C1. The van der Waals surface area contributed by atoms with Crippen LogP contribution in [0.1, 0.15) is 40.6 Å². The number of piperidine rings is 1. The molecule has 2 amide bonds. The van der Waals surface area contributed by atoms with Crippen molar-refractivity contribution >= 4 is 22.8 Å². The second-order valence-corrected chi connectivity index (χ2v) is 8.64. The molecule has 5 nitrogen and oxygen atoms in total. The van der Waals surface area contributed by atoms with Crippen molar-refractivity contribution in [1.29, 1.82) is 0 Å². The fraction of sp³-hybridized carbons (Fsp3) is 0.214. The number of hydrogen-bond acceptors (Lipinski definition) is 3. The zero-order valence-corrected chi connectivity index (χ0v) is 18.6. The largest absolute Gasteiger partial charge is 0.459 e. The van der Waals surface area contributed by atoms with E-state index in [1.54, 1.807) is 4.90 Å². The highest BCUT2D eigenvalue weighted by atomic mass is 19.1. The van der Waals surface area contributed by atoms with Crippen molar-refractivity contribution in [1.82, 2.24) is 10.2 Å². The van der Waals surface area contributed by atoms with Gasteiger partial charge in [-0.05, 0) is 54.8 Å². The lowest BCUT2D eigenvalue weighted by molar-refractivity contribution is -0.127. The van der Waals surface area contributed by atoms with Crippen molar-refractivity contribution in [3.05, 3.63) is 108 Å². The summed E-state index contributed by atoms with van der Waals surface area (Å²) in [4.78, 5) is 28.0. The Morgan fingerprint density at radius 1 is 0.971 bits per heavy atom. The maximum atomic E-state index is 13.4. The number of nitrogens with zero attached hydrogens (tertiary/aromatic N) is 1. The predicted octanol–water partition coefficient (Wildman–Crippen LogP) is 5.33. The topological polar surface area (TPSA) is 62.6 Å². The minimum absolute atomic E-state index is 0.120. The number of fused-ring (bicyclic) bond motifs is 1. The van der Waals surface area contributed by atoms with Crippen molar-refractivity contribution in [3.8, 4) is 0 Å². The van der Waals surface area contributed by atoms with Gasteiger partial charge in [-0.3, -0.25) is 9.59 Å². The Hall–Kier alpha value is -3.93. The van der Waals surface area contributed by atoms with E-state index in [2.05, 4.69) is 5.32 Å². The molecule has 0 saturated carbocycles. The van der Waals surface area contributed by atoms with Gasteiger partial charge < -0.3 is 14.6 Å². The Balaban J connectivity index is 1.35. The molecule has 0 aliphatic carbocycles. The van der Waals surface area contributed by atoms with Gasteiger partial charge in [-0.1, -0.05) is 48.5 Å². The third kappa shape index (κ3) is 4.57. The van der Waals surface area contributed by atoms with E-state index in [0.717, 1.165) is 23.0 Å². The number of nitrogens with one attached hydrogen (secondary N) is 1. The lowest BCUT2D eigenvalue weighted by Crippen LogP contribution is -2.46. The number of carbonyl (C=O) groups is 2. The van der Waals surface area contributed by atoms with Crippen molar-refractivity contribution in [3.63, 3.8) is 0 Å². The second-order valence-electron chi connectivity index (χ2n) is 8.64. The molecule has 6 heteroatoms. The van der Waals surface area contributed by atoms with Crippen LogP contribution in [0.4, 0.5) is 4.39 Å². The van der Waals surface area contributed by atoms with Crippen LogP contribution in [0.3, 0.4) is 0 Å². The molecule has 0 spiro atoms. The Labute approximate surface area is 197 Å². The minimum Gasteiger partial charge on any atom is -0.459 e. The third-order valence-corrected chi connectivity index (χ3v) is 6.32. The Morgan fingerprint density at radius 2 is 1.71 bits per heavy atom. The van der Waals surface area contributed by atoms with E-state index in [-0.39, 0.29) is 23.5 Å². The van der Waals surface area contributed by atoms with Crippen LogP contribution in [0.5, 0.6) is 0 Å². The number of amides is 2. The van der Waals surface area contributed by atoms with Crippen LogP contribution in [-0.2, 0) is 4.79 Å². The fourth-order valence-corrected chi connectivity index (χ4v) is 4.52. The van der Waals surface area contributed by atoms with Gasteiger partial charge in [0.05, 0.1) is 5.92 Å². The molecule has 0 radical (unpaired) electrons. The van der Waals surface area contributed by atoms with E-state index in [1.165, 1.54) is 24.3 Å². The molecule has 172 valence electrons. The summed E-state index contributed by atoms with van der Waals surface area (Å²) in [6, 6.07) is 24.5. The fourth-order valence-electron chi connectivity index (χ4n) is 4.52. The van der Waals surface area contributed by atoms with E-state index in [1.807, 2.05) is 60.7 Å². The summed E-state index contributed by atoms with van der Waals surface area (Å²) in [5.41, 5.74) is 2.11. The smallest absolute Gasteiger partial charge is 0.253 e. The average Bonchev–Trinajstić information content (AvgIpc) is 3.32. The van der Waals surface area contributed by atoms with E-state index in [9.17, 15) is 14.0 Å². The molecule has 1 aliphatic heterocycles. The molecular formula is C28H25FN2O3. The number of benzene rings is 3. The van der Waals surface area contributed by atoms with Crippen molar-refractivity contribution in [2.45, 2.75) is 18.9 Å². The average molecular weight is 457 g/mol. The van der Waals surface area contributed by atoms with Gasteiger partial charge >= 0.3 is 0 Å². The molecule has 2 unspecified atom stereocenters. The summed E-state index contributed by atoms with van der Waals surface area (Å²) in [5.74, 6) is -0.366. The van der Waals surface area contributed by atoms with E-state index >= 15 is 0 Å². The van der Waals surface area contributed by atoms with Crippen LogP contribution in [0.25, 0.3) is 11.0 Å². The number of hydrogen-bond donors (Lipinski definition) is 1. The number of carbonyl (C=O) groups excluding carboxylic acids is 2. The number of para-hydroxylation sites is 1. The van der Waals surface area contributed by atoms with E-state index in [4.69, 9.17) is 4.42 Å². The van der Waals surface area contributed by atoms with Crippen LogP contribution in [0.2, 0.25) is 0 Å². The van der Waals surface area contributed by atoms with Crippen molar-refractivity contribution in [2.24, 2.45) is 5.92 Å². The van der Waals surface area contributed by atoms with Gasteiger partial charge in [-0.15, -0.1) is 0 Å². The third-order valence-electron chi connectivity index (χ3n) is 6.32. The van der Waals surface area contributed by atoms with Crippen molar-refractivity contribution < 1.29 is 18.4 Å². The zero-order valence-electron chi connectivity index (χ0n) is 18.6. The summed E-state index contributed by atoms with van der Waals surface area (Å²) in [6.45, 7) is 0.898. The van der Waals surface area contributed by atoms with Gasteiger partial charge in [0.25, 0.3) is 5.91 Å². The van der Waals surface area contributed by atoms with E-state index in [0.29, 0.717) is 30.8 Å². The number of likely N-dealkylation sites (tertiary alicyclic amines) is 1. The predicted molar refractivity (Wildman–Crippen MR) is 128 cm³/mol. The molecule has 5 rings (SSSR count). The first-order valence-electron chi connectivity index (χ1n) is 11.5. The molecule has 4 aromatic rings. The molecule has 1 aliphatic rings. The maximum absolute atomic E-state index is 13.4. The van der Waals surface area contributed by atoms with Gasteiger partial charge in [0.1, 0.15) is 23.2 Å². The van der Waals surface area contributed by atoms with Gasteiger partial charge in [-0.25, -0.2) is 4.39 Å². The summed E-state index contributed by atoms with van der Waals surface area (Å²) in [5, 5.41) is 4.14. The number of rotatable bonds is 5. The van der Waals surface area contributed by atoms with Crippen LogP contribution < -0.4 is 5.32 Å². The van der Waals surface area contributed by atoms with Crippen molar-refractivity contribution in [2.75, 3.05) is 13.1 Å². The molecule has 1 N–H and O–H groups in total. The van der Waals surface area contributed by atoms with Crippen LogP contribution in [0.15, 0.2) is 89.3 Å². The molecule has 1 saturated heterocycles. The van der Waals surface area contributed by atoms with Gasteiger partial charge in [0.2, 0.25) is 5.91 Å².